The van der Waals surface area contributed by atoms with Crippen LogP contribution in [0.1, 0.15) is 5.56 Å². The molecule has 1 heterocycles. The topological polar surface area (TPSA) is 42.0 Å². The fraction of sp³-hybridized carbons (Fsp3) is 0.111. The van der Waals surface area contributed by atoms with Gasteiger partial charge in [-0.1, -0.05) is 47.0 Å². The molecule has 0 aliphatic carbocycles. The highest BCUT2D eigenvalue weighted by atomic mass is 35.5. The average Bonchev–Trinajstić information content (AvgIpc) is 3.05. The summed E-state index contributed by atoms with van der Waals surface area (Å²) in [5.74, 6) is 0.255. The van der Waals surface area contributed by atoms with E-state index >= 15 is 0 Å². The molecule has 0 aliphatic heterocycles. The second kappa shape index (κ2) is 8.23. The Morgan fingerprint density at radius 3 is 2.64 bits per heavy atom. The number of carbonyl (C=O) groups is 1. The SMILES string of the molecule is Cc1ccc(SCC(=O)Nc2nc(-c3ccc(Cl)c(Cl)c3)cs2)cc1. The summed E-state index contributed by atoms with van der Waals surface area (Å²) in [6.45, 7) is 2.04. The summed E-state index contributed by atoms with van der Waals surface area (Å²) in [5.41, 5.74) is 2.82. The highest BCUT2D eigenvalue weighted by Gasteiger charge is 2.10. The van der Waals surface area contributed by atoms with Crippen LogP contribution >= 0.6 is 46.3 Å². The van der Waals surface area contributed by atoms with Crippen LogP contribution in [0.4, 0.5) is 5.13 Å². The number of nitrogens with one attached hydrogen (secondary N) is 1. The number of carbonyl (C=O) groups excluding carboxylic acids is 1. The average molecular weight is 409 g/mol. The molecule has 3 aromatic rings. The van der Waals surface area contributed by atoms with Crippen molar-refractivity contribution in [2.24, 2.45) is 0 Å². The Bertz CT molecular complexity index is 894. The van der Waals surface area contributed by atoms with E-state index in [4.69, 9.17) is 23.2 Å². The van der Waals surface area contributed by atoms with E-state index in [1.807, 2.05) is 42.6 Å². The molecule has 1 N–H and O–H groups in total. The maximum absolute atomic E-state index is 12.1. The molecule has 0 bridgehead atoms. The zero-order chi connectivity index (χ0) is 17.8. The van der Waals surface area contributed by atoms with Crippen LogP contribution in [0.3, 0.4) is 0 Å². The largest absolute Gasteiger partial charge is 0.301 e. The molecule has 0 aliphatic rings. The molecule has 0 spiro atoms. The molecule has 0 fully saturated rings. The van der Waals surface area contributed by atoms with Gasteiger partial charge in [0.2, 0.25) is 5.91 Å². The second-order valence-corrected chi connectivity index (χ2v) is 8.04. The minimum Gasteiger partial charge on any atom is -0.301 e. The van der Waals surface area contributed by atoms with Gasteiger partial charge in [-0.3, -0.25) is 4.79 Å². The maximum atomic E-state index is 12.1. The minimum atomic E-state index is -0.0828. The van der Waals surface area contributed by atoms with E-state index in [2.05, 4.69) is 10.3 Å². The zero-order valence-electron chi connectivity index (χ0n) is 13.3. The Balaban J connectivity index is 1.59. The van der Waals surface area contributed by atoms with E-state index in [0.717, 1.165) is 16.2 Å². The number of hydrogen-bond acceptors (Lipinski definition) is 4. The van der Waals surface area contributed by atoms with Gasteiger partial charge in [-0.15, -0.1) is 23.1 Å². The van der Waals surface area contributed by atoms with Gasteiger partial charge < -0.3 is 5.32 Å². The number of nitrogens with zero attached hydrogens (tertiary/aromatic N) is 1. The number of rotatable bonds is 5. The van der Waals surface area contributed by atoms with Gasteiger partial charge in [0.15, 0.2) is 5.13 Å². The molecule has 0 saturated carbocycles. The monoisotopic (exact) mass is 408 g/mol. The van der Waals surface area contributed by atoms with Gasteiger partial charge in [0, 0.05) is 15.8 Å². The van der Waals surface area contributed by atoms with Crippen molar-refractivity contribution in [3.05, 3.63) is 63.5 Å². The molecule has 0 unspecified atom stereocenters. The summed E-state index contributed by atoms with van der Waals surface area (Å²) in [6, 6.07) is 13.4. The molecule has 1 aromatic heterocycles. The molecule has 0 atom stereocenters. The number of benzene rings is 2. The smallest absolute Gasteiger partial charge is 0.236 e. The summed E-state index contributed by atoms with van der Waals surface area (Å²) in [4.78, 5) is 17.6. The molecule has 3 rings (SSSR count). The van der Waals surface area contributed by atoms with E-state index in [1.165, 1.54) is 28.7 Å². The standard InChI is InChI=1S/C18H14Cl2N2OS2/c1-11-2-5-13(6-3-11)24-10-17(23)22-18-21-16(9-25-18)12-4-7-14(19)15(20)8-12/h2-9H,10H2,1H3,(H,21,22,23). The van der Waals surface area contributed by atoms with Gasteiger partial charge in [0.05, 0.1) is 21.5 Å². The lowest BCUT2D eigenvalue weighted by Crippen LogP contribution is -2.13. The maximum Gasteiger partial charge on any atom is 0.236 e. The zero-order valence-corrected chi connectivity index (χ0v) is 16.4. The van der Waals surface area contributed by atoms with Gasteiger partial charge in [-0.05, 0) is 31.2 Å². The van der Waals surface area contributed by atoms with Gasteiger partial charge >= 0.3 is 0 Å². The summed E-state index contributed by atoms with van der Waals surface area (Å²) in [5, 5.41) is 6.25. The number of anilines is 1. The van der Waals surface area contributed by atoms with Crippen LogP contribution in [-0.2, 0) is 4.79 Å². The molecule has 0 saturated heterocycles. The Morgan fingerprint density at radius 1 is 1.16 bits per heavy atom. The summed E-state index contributed by atoms with van der Waals surface area (Å²) in [6.07, 6.45) is 0. The lowest BCUT2D eigenvalue weighted by Gasteiger charge is -2.03. The predicted octanol–water partition coefficient (Wildman–Crippen LogP) is 6.16. The fourth-order valence-corrected chi connectivity index (χ4v) is 3.79. The van der Waals surface area contributed by atoms with E-state index in [1.54, 1.807) is 12.1 Å². The van der Waals surface area contributed by atoms with Crippen LogP contribution in [0.5, 0.6) is 0 Å². The summed E-state index contributed by atoms with van der Waals surface area (Å²) >= 11 is 14.8. The normalized spacial score (nSPS) is 10.7. The number of aryl methyl sites for hydroxylation is 1. The molecule has 1 amide bonds. The number of thiazole rings is 1. The lowest BCUT2D eigenvalue weighted by atomic mass is 10.2. The first-order chi connectivity index (χ1) is 12.0. The van der Waals surface area contributed by atoms with Gasteiger partial charge in [0.25, 0.3) is 0 Å². The Morgan fingerprint density at radius 2 is 1.92 bits per heavy atom. The summed E-state index contributed by atoms with van der Waals surface area (Å²) in [7, 11) is 0. The van der Waals surface area contributed by atoms with E-state index in [-0.39, 0.29) is 5.91 Å². The first-order valence-corrected chi connectivity index (χ1v) is 10.0. The Kier molecular flexibility index (Phi) is 6.02. The van der Waals surface area contributed by atoms with Crippen LogP contribution in [0, 0.1) is 6.92 Å². The van der Waals surface area contributed by atoms with E-state index in [0.29, 0.717) is 20.9 Å². The van der Waals surface area contributed by atoms with Crippen molar-refractivity contribution in [3.63, 3.8) is 0 Å². The second-order valence-electron chi connectivity index (χ2n) is 5.32. The predicted molar refractivity (Wildman–Crippen MR) is 108 cm³/mol. The van der Waals surface area contributed by atoms with Crippen LogP contribution in [0.15, 0.2) is 52.7 Å². The Labute approximate surface area is 164 Å². The third-order valence-electron chi connectivity index (χ3n) is 3.36. The highest BCUT2D eigenvalue weighted by Crippen LogP contribution is 2.30. The molecular weight excluding hydrogens is 395 g/mol. The number of hydrogen-bond donors (Lipinski definition) is 1. The number of aromatic nitrogens is 1. The van der Waals surface area contributed by atoms with Crippen molar-refractivity contribution < 1.29 is 4.79 Å². The van der Waals surface area contributed by atoms with E-state index < -0.39 is 0 Å². The number of thioether (sulfide) groups is 1. The van der Waals surface area contributed by atoms with Crippen LogP contribution in [-0.4, -0.2) is 16.6 Å². The van der Waals surface area contributed by atoms with Crippen molar-refractivity contribution in [2.45, 2.75) is 11.8 Å². The van der Waals surface area contributed by atoms with Gasteiger partial charge in [-0.2, -0.15) is 0 Å². The van der Waals surface area contributed by atoms with Crippen molar-refractivity contribution in [3.8, 4) is 11.3 Å². The lowest BCUT2D eigenvalue weighted by molar-refractivity contribution is -0.113. The molecule has 2 aromatic carbocycles. The number of amides is 1. The quantitative estimate of drug-likeness (QED) is 0.514. The summed E-state index contributed by atoms with van der Waals surface area (Å²) < 4.78 is 0. The molecule has 3 nitrogen and oxygen atoms in total. The van der Waals surface area contributed by atoms with Crippen molar-refractivity contribution >= 4 is 57.3 Å². The van der Waals surface area contributed by atoms with Crippen molar-refractivity contribution in [1.29, 1.82) is 0 Å². The molecule has 128 valence electrons. The first kappa shape index (κ1) is 18.3. The van der Waals surface area contributed by atoms with E-state index in [9.17, 15) is 4.79 Å². The van der Waals surface area contributed by atoms with Crippen molar-refractivity contribution in [1.82, 2.24) is 4.98 Å². The third kappa shape index (κ3) is 4.98. The first-order valence-electron chi connectivity index (χ1n) is 7.41. The minimum absolute atomic E-state index is 0.0828. The Hall–Kier alpha value is -1.53. The van der Waals surface area contributed by atoms with Gasteiger partial charge in [-0.25, -0.2) is 4.98 Å². The highest BCUT2D eigenvalue weighted by molar-refractivity contribution is 8.00. The van der Waals surface area contributed by atoms with Crippen LogP contribution < -0.4 is 5.32 Å². The molecule has 7 heteroatoms. The van der Waals surface area contributed by atoms with Crippen LogP contribution in [0.2, 0.25) is 10.0 Å². The molecular formula is C18H14Cl2N2OS2. The fourth-order valence-electron chi connectivity index (χ4n) is 2.06. The molecule has 0 radical (unpaired) electrons. The van der Waals surface area contributed by atoms with Crippen LogP contribution in [0.25, 0.3) is 11.3 Å². The number of halogens is 2. The van der Waals surface area contributed by atoms with Crippen molar-refractivity contribution in [2.75, 3.05) is 11.1 Å². The van der Waals surface area contributed by atoms with Gasteiger partial charge in [0.1, 0.15) is 0 Å². The third-order valence-corrected chi connectivity index (χ3v) is 5.87. The molecule has 25 heavy (non-hydrogen) atoms.